The van der Waals surface area contributed by atoms with E-state index in [4.69, 9.17) is 15.0 Å². The lowest BCUT2D eigenvalue weighted by Crippen LogP contribution is -2.00. The zero-order valence-corrected chi connectivity index (χ0v) is 27.1. The van der Waals surface area contributed by atoms with Crippen molar-refractivity contribution in [3.05, 3.63) is 182 Å². The molecule has 0 radical (unpaired) electrons. The van der Waals surface area contributed by atoms with Gasteiger partial charge in [-0.25, -0.2) is 15.0 Å². The number of hydrogen-bond acceptors (Lipinski definition) is 4. The fraction of sp³-hybridized carbons (Fsp3) is 0. The van der Waals surface area contributed by atoms with Crippen LogP contribution >= 0.6 is 0 Å². The lowest BCUT2D eigenvalue weighted by atomic mass is 9.88. The van der Waals surface area contributed by atoms with Crippen molar-refractivity contribution in [2.24, 2.45) is 0 Å². The third-order valence-electron chi connectivity index (χ3n) is 9.22. The Morgan fingerprint density at radius 3 is 1.42 bits per heavy atom. The van der Waals surface area contributed by atoms with Gasteiger partial charge in [-0.15, -0.1) is 0 Å². The molecule has 7 aromatic carbocycles. The Labute approximate surface area is 290 Å². The van der Waals surface area contributed by atoms with Gasteiger partial charge in [-0.2, -0.15) is 0 Å². The number of hydrogen-bond donors (Lipinski definition) is 0. The quantitative estimate of drug-likeness (QED) is 0.182. The molecule has 4 heteroatoms. The summed E-state index contributed by atoms with van der Waals surface area (Å²) in [5.74, 6) is 1.94. The van der Waals surface area contributed by atoms with Crippen LogP contribution in [0.25, 0.3) is 89.2 Å². The molecule has 234 valence electrons. The Morgan fingerprint density at radius 1 is 0.300 bits per heavy atom. The Kier molecular flexibility index (Phi) is 7.45. The van der Waals surface area contributed by atoms with E-state index in [9.17, 15) is 0 Å². The minimum absolute atomic E-state index is 0.640. The maximum atomic E-state index is 4.94. The van der Waals surface area contributed by atoms with Crippen LogP contribution in [0.3, 0.4) is 0 Å². The highest BCUT2D eigenvalue weighted by Gasteiger charge is 2.15. The first-order chi connectivity index (χ1) is 24.8. The molecule has 9 rings (SSSR count). The van der Waals surface area contributed by atoms with Crippen LogP contribution in [0.4, 0.5) is 0 Å². The highest BCUT2D eigenvalue weighted by molar-refractivity contribution is 6.04. The molecule has 0 fully saturated rings. The molecule has 0 amide bonds. The number of para-hydroxylation sites is 1. The van der Waals surface area contributed by atoms with Gasteiger partial charge in [-0.1, -0.05) is 164 Å². The van der Waals surface area contributed by atoms with Crippen molar-refractivity contribution < 1.29 is 0 Å². The number of aromatic nitrogens is 4. The number of benzene rings is 7. The van der Waals surface area contributed by atoms with E-state index in [0.717, 1.165) is 38.7 Å². The molecule has 0 atom stereocenters. The summed E-state index contributed by atoms with van der Waals surface area (Å²) in [6.45, 7) is 0. The zero-order valence-electron chi connectivity index (χ0n) is 27.1. The van der Waals surface area contributed by atoms with E-state index in [2.05, 4.69) is 114 Å². The van der Waals surface area contributed by atoms with Crippen LogP contribution in [0.5, 0.6) is 0 Å². The molecule has 0 aliphatic carbocycles. The second kappa shape index (κ2) is 12.7. The minimum atomic E-state index is 0.640. The van der Waals surface area contributed by atoms with Crippen LogP contribution in [0.2, 0.25) is 0 Å². The van der Waals surface area contributed by atoms with Crippen LogP contribution in [0, 0.1) is 0 Å². The van der Waals surface area contributed by atoms with Gasteiger partial charge in [0.05, 0.1) is 5.52 Å². The van der Waals surface area contributed by atoms with Crippen molar-refractivity contribution in [3.8, 4) is 67.5 Å². The van der Waals surface area contributed by atoms with Gasteiger partial charge >= 0.3 is 0 Å². The summed E-state index contributed by atoms with van der Waals surface area (Å²) in [7, 11) is 0. The summed E-state index contributed by atoms with van der Waals surface area (Å²) in [5, 5.41) is 3.56. The van der Waals surface area contributed by atoms with Gasteiger partial charge in [-0.3, -0.25) is 4.98 Å². The van der Waals surface area contributed by atoms with E-state index in [0.29, 0.717) is 17.5 Å². The van der Waals surface area contributed by atoms with Crippen molar-refractivity contribution in [1.82, 2.24) is 19.9 Å². The number of fused-ring (bicyclic) bond motifs is 2. The van der Waals surface area contributed by atoms with Gasteiger partial charge in [0.1, 0.15) is 0 Å². The predicted molar refractivity (Wildman–Crippen MR) is 205 cm³/mol. The second-order valence-corrected chi connectivity index (χ2v) is 12.3. The van der Waals surface area contributed by atoms with Crippen molar-refractivity contribution in [2.75, 3.05) is 0 Å². The first kappa shape index (κ1) is 29.4. The average molecular weight is 639 g/mol. The summed E-state index contributed by atoms with van der Waals surface area (Å²) in [6.07, 6.45) is 1.89. The molecule has 0 bridgehead atoms. The number of pyridine rings is 1. The topological polar surface area (TPSA) is 51.6 Å². The molecule has 0 spiro atoms. The Balaban J connectivity index is 1.13. The van der Waals surface area contributed by atoms with Gasteiger partial charge in [0.25, 0.3) is 0 Å². The van der Waals surface area contributed by atoms with Gasteiger partial charge in [0, 0.05) is 28.3 Å². The Morgan fingerprint density at radius 2 is 0.780 bits per heavy atom. The van der Waals surface area contributed by atoms with Crippen LogP contribution in [-0.4, -0.2) is 19.9 Å². The summed E-state index contributed by atoms with van der Waals surface area (Å²) in [5.41, 5.74) is 10.9. The highest BCUT2D eigenvalue weighted by Crippen LogP contribution is 2.40. The number of rotatable bonds is 6. The molecule has 2 aromatic heterocycles. The largest absolute Gasteiger partial charge is 0.256 e. The fourth-order valence-electron chi connectivity index (χ4n) is 6.72. The lowest BCUT2D eigenvalue weighted by Gasteiger charge is -2.15. The SMILES string of the molecule is c1ccc(-c2nc(-c3ccccc3)nc(-c3ccc(-c4c(-c5ccc(-c6ccnc7ccccc67)cc5)ccc5ccccc45)cc3)n2)cc1. The Hall–Kier alpha value is -6.78. The molecule has 0 aliphatic heterocycles. The maximum Gasteiger partial charge on any atom is 0.164 e. The van der Waals surface area contributed by atoms with Gasteiger partial charge in [0.2, 0.25) is 0 Å². The van der Waals surface area contributed by atoms with Crippen LogP contribution < -0.4 is 0 Å². The van der Waals surface area contributed by atoms with E-state index >= 15 is 0 Å². The van der Waals surface area contributed by atoms with E-state index in [1.807, 2.05) is 72.9 Å². The first-order valence-corrected chi connectivity index (χ1v) is 16.7. The summed E-state index contributed by atoms with van der Waals surface area (Å²) >= 11 is 0. The predicted octanol–water partition coefficient (Wildman–Crippen LogP) is 11.6. The van der Waals surface area contributed by atoms with E-state index < -0.39 is 0 Å². The molecule has 0 saturated carbocycles. The van der Waals surface area contributed by atoms with Crippen LogP contribution in [-0.2, 0) is 0 Å². The molecule has 0 saturated heterocycles. The van der Waals surface area contributed by atoms with Gasteiger partial charge < -0.3 is 0 Å². The number of nitrogens with zero attached hydrogens (tertiary/aromatic N) is 4. The average Bonchev–Trinajstić information content (AvgIpc) is 3.21. The molecule has 9 aromatic rings. The summed E-state index contributed by atoms with van der Waals surface area (Å²) in [6, 6.07) is 61.1. The Bertz CT molecular complexity index is 2550. The zero-order chi connectivity index (χ0) is 33.3. The van der Waals surface area contributed by atoms with Crippen molar-refractivity contribution >= 4 is 21.7 Å². The van der Waals surface area contributed by atoms with Gasteiger partial charge in [-0.05, 0) is 56.3 Å². The second-order valence-electron chi connectivity index (χ2n) is 12.3. The standard InChI is InChI=1S/C46H30N4/c1-3-12-35(13-4-1)44-48-45(36-14-5-2-6-15-36)50-46(49-44)37-25-23-34(24-26-37)43-39-16-8-7-11-31(39)27-28-40(43)33-21-19-32(20-22-33)38-29-30-47-42-18-10-9-17-41(38)42/h1-30H. The van der Waals surface area contributed by atoms with Crippen molar-refractivity contribution in [3.63, 3.8) is 0 Å². The van der Waals surface area contributed by atoms with Crippen molar-refractivity contribution in [2.45, 2.75) is 0 Å². The minimum Gasteiger partial charge on any atom is -0.256 e. The van der Waals surface area contributed by atoms with Crippen molar-refractivity contribution in [1.29, 1.82) is 0 Å². The molecular formula is C46H30N4. The van der Waals surface area contributed by atoms with E-state index in [1.54, 1.807) is 0 Å². The summed E-state index contributed by atoms with van der Waals surface area (Å²) < 4.78 is 0. The molecular weight excluding hydrogens is 609 g/mol. The van der Waals surface area contributed by atoms with E-state index in [1.165, 1.54) is 33.0 Å². The molecule has 4 nitrogen and oxygen atoms in total. The van der Waals surface area contributed by atoms with E-state index in [-0.39, 0.29) is 0 Å². The fourth-order valence-corrected chi connectivity index (χ4v) is 6.72. The molecule has 50 heavy (non-hydrogen) atoms. The van der Waals surface area contributed by atoms with Gasteiger partial charge in [0.15, 0.2) is 17.5 Å². The maximum absolute atomic E-state index is 4.94. The lowest BCUT2D eigenvalue weighted by molar-refractivity contribution is 1.07. The molecule has 2 heterocycles. The summed E-state index contributed by atoms with van der Waals surface area (Å²) in [4.78, 5) is 19.3. The third kappa shape index (κ3) is 5.49. The molecule has 0 aliphatic rings. The molecule has 0 N–H and O–H groups in total. The monoisotopic (exact) mass is 638 g/mol. The normalized spacial score (nSPS) is 11.2. The first-order valence-electron chi connectivity index (χ1n) is 16.7. The molecule has 0 unspecified atom stereocenters. The smallest absolute Gasteiger partial charge is 0.164 e. The third-order valence-corrected chi connectivity index (χ3v) is 9.22. The highest BCUT2D eigenvalue weighted by atomic mass is 15.0. The van der Waals surface area contributed by atoms with Crippen LogP contribution in [0.15, 0.2) is 182 Å². The van der Waals surface area contributed by atoms with Crippen LogP contribution in [0.1, 0.15) is 0 Å².